The van der Waals surface area contributed by atoms with Gasteiger partial charge in [-0.3, -0.25) is 4.79 Å². The number of hydrogen-bond donors (Lipinski definition) is 2. The van der Waals surface area contributed by atoms with E-state index in [0.717, 1.165) is 27.6 Å². The highest BCUT2D eigenvalue weighted by atomic mass is 19.1. The van der Waals surface area contributed by atoms with Gasteiger partial charge in [-0.2, -0.15) is 0 Å². The molecule has 2 heterocycles. The summed E-state index contributed by atoms with van der Waals surface area (Å²) in [5.74, 6) is 0.288. The van der Waals surface area contributed by atoms with Crippen molar-refractivity contribution in [1.82, 2.24) is 10.3 Å². The summed E-state index contributed by atoms with van der Waals surface area (Å²) >= 11 is 0. The highest BCUT2D eigenvalue weighted by Crippen LogP contribution is 2.30. The van der Waals surface area contributed by atoms with Gasteiger partial charge in [0.2, 0.25) is 0 Å². The number of H-pyrrole nitrogens is 1. The molecule has 1 amide bonds. The molecule has 0 fully saturated rings. The van der Waals surface area contributed by atoms with E-state index in [1.807, 2.05) is 45.2 Å². The summed E-state index contributed by atoms with van der Waals surface area (Å²) in [6, 6.07) is 11.4. The Labute approximate surface area is 187 Å². The SMILES string of the molecule is C=C/C=C(\C=C(C)C)c1ccc(C(=O)NC)c(-c2ccc(F)cc2)oc(C)c2cc[nH]c12. The molecule has 0 aliphatic carbocycles. The van der Waals surface area contributed by atoms with Crippen LogP contribution in [0.3, 0.4) is 0 Å². The minimum atomic E-state index is -0.361. The van der Waals surface area contributed by atoms with Gasteiger partial charge in [-0.15, -0.1) is 0 Å². The molecule has 0 bridgehead atoms. The van der Waals surface area contributed by atoms with Crippen LogP contribution >= 0.6 is 0 Å². The zero-order chi connectivity index (χ0) is 23.3. The smallest absolute Gasteiger partial charge is 0.254 e. The van der Waals surface area contributed by atoms with Gasteiger partial charge >= 0.3 is 0 Å². The summed E-state index contributed by atoms with van der Waals surface area (Å²) in [4.78, 5) is 16.2. The number of allylic oxidation sites excluding steroid dienone is 5. The number of rotatable bonds is 5. The van der Waals surface area contributed by atoms with E-state index in [0.29, 0.717) is 22.6 Å². The average Bonchev–Trinajstić information content (AvgIpc) is 3.25. The van der Waals surface area contributed by atoms with Crippen molar-refractivity contribution in [1.29, 1.82) is 0 Å². The maximum Gasteiger partial charge on any atom is 0.254 e. The number of aromatic amines is 1. The average molecular weight is 431 g/mol. The van der Waals surface area contributed by atoms with Gasteiger partial charge in [-0.1, -0.05) is 36.4 Å². The molecule has 0 aliphatic heterocycles. The van der Waals surface area contributed by atoms with Crippen molar-refractivity contribution in [3.63, 3.8) is 0 Å². The highest BCUT2D eigenvalue weighted by Gasteiger charge is 2.15. The predicted molar refractivity (Wildman–Crippen MR) is 129 cm³/mol. The van der Waals surface area contributed by atoms with E-state index in [9.17, 15) is 9.18 Å². The van der Waals surface area contributed by atoms with Crippen molar-refractivity contribution >= 4 is 22.4 Å². The van der Waals surface area contributed by atoms with Gasteiger partial charge in [0, 0.05) is 29.8 Å². The van der Waals surface area contributed by atoms with Crippen LogP contribution in [0.1, 0.15) is 35.5 Å². The van der Waals surface area contributed by atoms with E-state index in [-0.39, 0.29) is 11.7 Å². The number of nitrogens with one attached hydrogen (secondary N) is 2. The zero-order valence-electron chi connectivity index (χ0n) is 18.8. The van der Waals surface area contributed by atoms with E-state index in [1.165, 1.54) is 12.1 Å². The lowest BCUT2D eigenvalue weighted by Gasteiger charge is -2.06. The van der Waals surface area contributed by atoms with Crippen molar-refractivity contribution in [2.24, 2.45) is 0 Å². The number of benzene rings is 1. The number of aromatic nitrogens is 1. The monoisotopic (exact) mass is 430 g/mol. The number of hydrogen-bond acceptors (Lipinski definition) is 2. The molecule has 164 valence electrons. The number of fused-ring (bicyclic) bond motifs is 1. The largest absolute Gasteiger partial charge is 0.460 e. The normalized spacial score (nSPS) is 11.1. The van der Waals surface area contributed by atoms with E-state index < -0.39 is 0 Å². The van der Waals surface area contributed by atoms with Crippen LogP contribution in [0.2, 0.25) is 0 Å². The second-order valence-electron chi connectivity index (χ2n) is 7.58. The zero-order valence-corrected chi connectivity index (χ0v) is 18.8. The highest BCUT2D eigenvalue weighted by molar-refractivity contribution is 6.00. The molecule has 5 heteroatoms. The minimum Gasteiger partial charge on any atom is -0.460 e. The molecular weight excluding hydrogens is 403 g/mol. The third-order valence-corrected chi connectivity index (χ3v) is 4.94. The number of carbonyl (C=O) groups excluding carboxylic acids is 1. The number of amides is 1. The topological polar surface area (TPSA) is 58.0 Å². The molecule has 4 nitrogen and oxygen atoms in total. The van der Waals surface area contributed by atoms with Crippen LogP contribution in [0.5, 0.6) is 0 Å². The molecule has 0 atom stereocenters. The Morgan fingerprint density at radius 3 is 2.41 bits per heavy atom. The Morgan fingerprint density at radius 1 is 1.09 bits per heavy atom. The third kappa shape index (κ3) is 4.89. The van der Waals surface area contributed by atoms with E-state index >= 15 is 0 Å². The number of aryl methyl sites for hydroxylation is 1. The summed E-state index contributed by atoms with van der Waals surface area (Å²) in [6.45, 7) is 9.74. The van der Waals surface area contributed by atoms with Crippen molar-refractivity contribution in [3.8, 4) is 11.3 Å². The first kappa shape index (κ1) is 22.8. The fourth-order valence-corrected chi connectivity index (χ4v) is 3.50. The van der Waals surface area contributed by atoms with Gasteiger partial charge in [-0.25, -0.2) is 4.39 Å². The first-order valence-electron chi connectivity index (χ1n) is 10.3. The lowest BCUT2D eigenvalue weighted by molar-refractivity contribution is 0.0962. The summed E-state index contributed by atoms with van der Waals surface area (Å²) in [5.41, 5.74) is 4.74. The second kappa shape index (κ2) is 9.96. The van der Waals surface area contributed by atoms with Crippen LogP contribution in [0.15, 0.2) is 83.5 Å². The Morgan fingerprint density at radius 2 is 1.78 bits per heavy atom. The van der Waals surface area contributed by atoms with Crippen LogP contribution in [0.25, 0.3) is 27.8 Å². The molecule has 0 saturated carbocycles. The van der Waals surface area contributed by atoms with Gasteiger partial charge in [0.15, 0.2) is 0 Å². The standard InChI is InChI=1S/C27H27FN2O2/c1-6-7-20(16-17(2)3)23-12-13-24(27(31)29-5)26(19-8-10-21(28)11-9-19)32-18(4)22-14-15-30-25(22)23/h6-16,30H,1H2,2-5H3,(H,29,31)/b13-12?,20-7+,22-18?,25-23?,26-24?. The van der Waals surface area contributed by atoms with Crippen LogP contribution in [-0.2, 0) is 0 Å². The van der Waals surface area contributed by atoms with Gasteiger partial charge in [0.25, 0.3) is 5.91 Å². The summed E-state index contributed by atoms with van der Waals surface area (Å²) in [7, 11) is 1.56. The Kier molecular flexibility index (Phi) is 7.11. The van der Waals surface area contributed by atoms with E-state index in [2.05, 4.69) is 23.0 Å². The van der Waals surface area contributed by atoms with Gasteiger partial charge < -0.3 is 14.7 Å². The maximum absolute atomic E-state index is 13.6. The molecule has 1 aromatic carbocycles. The first-order valence-corrected chi connectivity index (χ1v) is 10.3. The minimum absolute atomic E-state index is 0.310. The second-order valence-corrected chi connectivity index (χ2v) is 7.58. The van der Waals surface area contributed by atoms with Gasteiger partial charge in [-0.05, 0) is 62.7 Å². The quantitative estimate of drug-likeness (QED) is 0.433. The first-order chi connectivity index (χ1) is 15.3. The van der Waals surface area contributed by atoms with Crippen LogP contribution in [-0.4, -0.2) is 17.9 Å². The fourth-order valence-electron chi connectivity index (χ4n) is 3.50. The van der Waals surface area contributed by atoms with E-state index in [4.69, 9.17) is 4.42 Å². The molecule has 2 aromatic heterocycles. The Balaban J connectivity index is 2.51. The third-order valence-electron chi connectivity index (χ3n) is 4.94. The van der Waals surface area contributed by atoms with Crippen molar-refractivity contribution < 1.29 is 13.6 Å². The van der Waals surface area contributed by atoms with Crippen molar-refractivity contribution in [3.05, 3.63) is 102 Å². The molecule has 0 spiro atoms. The molecule has 0 unspecified atom stereocenters. The van der Waals surface area contributed by atoms with Gasteiger partial charge in [0.1, 0.15) is 17.3 Å². The predicted octanol–water partition coefficient (Wildman–Crippen LogP) is 6.90. The lowest BCUT2D eigenvalue weighted by atomic mass is 10.0. The summed E-state index contributed by atoms with van der Waals surface area (Å²) < 4.78 is 19.8. The Hall–Kier alpha value is -3.86. The molecule has 2 N–H and O–H groups in total. The van der Waals surface area contributed by atoms with Gasteiger partial charge in [0.05, 0.1) is 11.1 Å². The molecule has 0 saturated heterocycles. The van der Waals surface area contributed by atoms with Crippen molar-refractivity contribution in [2.45, 2.75) is 20.8 Å². The van der Waals surface area contributed by atoms with Crippen LogP contribution in [0, 0.1) is 12.7 Å². The number of carbonyl (C=O) groups is 1. The molecule has 0 aliphatic rings. The Bertz CT molecular complexity index is 1270. The van der Waals surface area contributed by atoms with E-state index in [1.54, 1.807) is 31.3 Å². The van der Waals surface area contributed by atoms with Crippen molar-refractivity contribution in [2.75, 3.05) is 7.05 Å². The molecule has 32 heavy (non-hydrogen) atoms. The number of halogens is 1. The summed E-state index contributed by atoms with van der Waals surface area (Å²) in [5, 5.41) is 3.54. The molecular formula is C27H27FN2O2. The molecule has 3 aromatic rings. The fraction of sp³-hybridized carbons (Fsp3) is 0.148. The maximum atomic E-state index is 13.6. The molecule has 0 radical (unpaired) electrons. The van der Waals surface area contributed by atoms with Crippen LogP contribution in [0.4, 0.5) is 4.39 Å². The lowest BCUT2D eigenvalue weighted by Crippen LogP contribution is -2.18. The van der Waals surface area contributed by atoms with Crippen LogP contribution < -0.4 is 5.32 Å². The summed E-state index contributed by atoms with van der Waals surface area (Å²) in [6.07, 6.45) is 7.57. The molecule has 3 rings (SSSR count).